The van der Waals surface area contributed by atoms with Crippen LogP contribution in [0.25, 0.3) is 10.9 Å². The average molecular weight is 522 g/mol. The van der Waals surface area contributed by atoms with Crippen molar-refractivity contribution in [1.29, 1.82) is 0 Å². The lowest BCUT2D eigenvalue weighted by Gasteiger charge is -2.29. The van der Waals surface area contributed by atoms with Crippen LogP contribution in [0.15, 0.2) is 36.4 Å². The van der Waals surface area contributed by atoms with Crippen molar-refractivity contribution in [3.63, 3.8) is 0 Å². The van der Waals surface area contributed by atoms with Crippen molar-refractivity contribution in [2.24, 2.45) is 5.92 Å². The largest absolute Gasteiger partial charge is 0.494 e. The van der Waals surface area contributed by atoms with Gasteiger partial charge in [0.25, 0.3) is 0 Å². The van der Waals surface area contributed by atoms with Crippen LogP contribution in [0.1, 0.15) is 50.7 Å². The maximum atomic E-state index is 5.91. The summed E-state index contributed by atoms with van der Waals surface area (Å²) in [5.41, 5.74) is 3.23. The summed E-state index contributed by atoms with van der Waals surface area (Å²) in [4.78, 5) is 11.7. The molecule has 206 valence electrons. The number of anilines is 2. The summed E-state index contributed by atoms with van der Waals surface area (Å²) in [7, 11) is 5.78. The predicted octanol–water partition coefficient (Wildman–Crippen LogP) is 5.40. The number of nitrogens with one attached hydrogen (secondary N) is 2. The molecule has 0 aliphatic heterocycles. The topological polar surface area (TPSA) is 80.8 Å². The zero-order valence-electron chi connectivity index (χ0n) is 23.5. The Bertz CT molecular complexity index is 1180. The first-order valence-electron chi connectivity index (χ1n) is 13.8. The molecule has 0 unspecified atom stereocenters. The van der Waals surface area contributed by atoms with Crippen molar-refractivity contribution in [2.75, 3.05) is 51.2 Å². The fourth-order valence-corrected chi connectivity index (χ4v) is 5.24. The van der Waals surface area contributed by atoms with Gasteiger partial charge in [-0.1, -0.05) is 12.1 Å². The van der Waals surface area contributed by atoms with Gasteiger partial charge in [0.1, 0.15) is 17.3 Å². The predicted molar refractivity (Wildman–Crippen MR) is 154 cm³/mol. The molecule has 1 heterocycles. The molecule has 38 heavy (non-hydrogen) atoms. The van der Waals surface area contributed by atoms with Gasteiger partial charge in [-0.3, -0.25) is 0 Å². The SMILES string of the molecule is CCOc1cc(CNC[C@H]2CC[C@@H](Nc3nc(N(C)C)c4ccccc4n3)CC2)c(COC)c(OCC)c1. The first-order valence-corrected chi connectivity index (χ1v) is 13.8. The van der Waals surface area contributed by atoms with Crippen LogP contribution < -0.4 is 25.0 Å². The zero-order valence-corrected chi connectivity index (χ0v) is 23.5. The van der Waals surface area contributed by atoms with E-state index in [9.17, 15) is 0 Å². The van der Waals surface area contributed by atoms with Crippen molar-refractivity contribution in [3.05, 3.63) is 47.5 Å². The Hall–Kier alpha value is -3.10. The Morgan fingerprint density at radius 3 is 2.45 bits per heavy atom. The molecule has 3 aromatic rings. The standard InChI is InChI=1S/C30H43N5O3/c1-6-37-24-16-22(26(20-36-5)28(17-24)38-7-2)19-31-18-21-12-14-23(15-13-21)32-30-33-27-11-9-8-10-25(27)29(34-30)35(3)4/h8-11,16-17,21,23,31H,6-7,12-15,18-20H2,1-5H3,(H,32,33,34)/t21-,23+. The lowest BCUT2D eigenvalue weighted by molar-refractivity contribution is 0.179. The monoisotopic (exact) mass is 521 g/mol. The Kier molecular flexibility index (Phi) is 10.0. The Balaban J connectivity index is 1.32. The Morgan fingerprint density at radius 1 is 0.974 bits per heavy atom. The van der Waals surface area contributed by atoms with Crippen LogP contribution >= 0.6 is 0 Å². The van der Waals surface area contributed by atoms with Gasteiger partial charge in [-0.2, -0.15) is 4.98 Å². The summed E-state index contributed by atoms with van der Waals surface area (Å²) in [5, 5.41) is 8.39. The molecule has 2 N–H and O–H groups in total. The molecular weight excluding hydrogens is 478 g/mol. The Labute approximate surface area is 227 Å². The van der Waals surface area contributed by atoms with E-state index in [1.54, 1.807) is 7.11 Å². The molecule has 1 saturated carbocycles. The smallest absolute Gasteiger partial charge is 0.225 e. The van der Waals surface area contributed by atoms with Crippen LogP contribution in [0, 0.1) is 5.92 Å². The van der Waals surface area contributed by atoms with Gasteiger partial charge in [-0.25, -0.2) is 4.98 Å². The first kappa shape index (κ1) is 27.9. The van der Waals surface area contributed by atoms with Gasteiger partial charge in [-0.05, 0) is 75.8 Å². The highest BCUT2D eigenvalue weighted by Gasteiger charge is 2.22. The van der Waals surface area contributed by atoms with E-state index in [1.807, 2.05) is 46.1 Å². The van der Waals surface area contributed by atoms with Crippen molar-refractivity contribution in [2.45, 2.75) is 58.7 Å². The van der Waals surface area contributed by atoms with E-state index in [-0.39, 0.29) is 0 Å². The molecule has 1 fully saturated rings. The molecule has 0 atom stereocenters. The van der Waals surface area contributed by atoms with E-state index in [0.29, 0.717) is 31.8 Å². The number of fused-ring (bicyclic) bond motifs is 1. The third kappa shape index (κ3) is 7.05. The number of rotatable bonds is 13. The molecule has 0 amide bonds. The maximum absolute atomic E-state index is 5.91. The minimum atomic E-state index is 0.396. The molecule has 0 saturated heterocycles. The van der Waals surface area contributed by atoms with Gasteiger partial charge in [0.15, 0.2) is 0 Å². The molecule has 1 aromatic heterocycles. The maximum Gasteiger partial charge on any atom is 0.225 e. The van der Waals surface area contributed by atoms with Crippen LogP contribution in [-0.2, 0) is 17.9 Å². The molecule has 8 heteroatoms. The molecule has 1 aliphatic rings. The quantitative estimate of drug-likeness (QED) is 0.310. The number of ether oxygens (including phenoxy) is 3. The number of aromatic nitrogens is 2. The summed E-state index contributed by atoms with van der Waals surface area (Å²) in [6, 6.07) is 12.7. The number of methoxy groups -OCH3 is 1. The fraction of sp³-hybridized carbons (Fsp3) is 0.533. The highest BCUT2D eigenvalue weighted by molar-refractivity contribution is 5.90. The Morgan fingerprint density at radius 2 is 1.74 bits per heavy atom. The van der Waals surface area contributed by atoms with E-state index in [1.165, 1.54) is 18.4 Å². The molecule has 0 radical (unpaired) electrons. The van der Waals surface area contributed by atoms with Crippen molar-refractivity contribution in [1.82, 2.24) is 15.3 Å². The molecule has 8 nitrogen and oxygen atoms in total. The van der Waals surface area contributed by atoms with Crippen LogP contribution in [0.2, 0.25) is 0 Å². The molecular formula is C30H43N5O3. The van der Waals surface area contributed by atoms with E-state index in [2.05, 4.69) is 33.7 Å². The third-order valence-electron chi connectivity index (χ3n) is 7.11. The number of nitrogens with zero attached hydrogens (tertiary/aromatic N) is 3. The summed E-state index contributed by atoms with van der Waals surface area (Å²) < 4.78 is 17.2. The number of hydrogen-bond donors (Lipinski definition) is 2. The second-order valence-corrected chi connectivity index (χ2v) is 10.1. The fourth-order valence-electron chi connectivity index (χ4n) is 5.24. The lowest BCUT2D eigenvalue weighted by Crippen LogP contribution is -2.32. The van der Waals surface area contributed by atoms with Crippen LogP contribution in [-0.4, -0.2) is 57.0 Å². The van der Waals surface area contributed by atoms with Crippen molar-refractivity contribution in [3.8, 4) is 11.5 Å². The van der Waals surface area contributed by atoms with E-state index < -0.39 is 0 Å². The average Bonchev–Trinajstić information content (AvgIpc) is 2.91. The number of benzene rings is 2. The molecule has 0 spiro atoms. The van der Waals surface area contributed by atoms with Crippen LogP contribution in [0.4, 0.5) is 11.8 Å². The van der Waals surface area contributed by atoms with E-state index in [4.69, 9.17) is 24.2 Å². The first-order chi connectivity index (χ1) is 18.5. The minimum Gasteiger partial charge on any atom is -0.494 e. The van der Waals surface area contributed by atoms with Crippen LogP contribution in [0.3, 0.4) is 0 Å². The molecule has 4 rings (SSSR count). The second-order valence-electron chi connectivity index (χ2n) is 10.1. The summed E-state index contributed by atoms with van der Waals surface area (Å²) in [5.74, 6) is 4.00. The third-order valence-corrected chi connectivity index (χ3v) is 7.11. The van der Waals surface area contributed by atoms with E-state index in [0.717, 1.165) is 65.7 Å². The van der Waals surface area contributed by atoms with Crippen molar-refractivity contribution >= 4 is 22.7 Å². The van der Waals surface area contributed by atoms with Gasteiger partial charge in [0.05, 0.1) is 25.3 Å². The number of hydrogen-bond acceptors (Lipinski definition) is 8. The molecule has 0 bridgehead atoms. The van der Waals surface area contributed by atoms with Gasteiger partial charge in [0.2, 0.25) is 5.95 Å². The second kappa shape index (κ2) is 13.6. The summed E-state index contributed by atoms with van der Waals surface area (Å²) >= 11 is 0. The number of para-hydroxylation sites is 1. The minimum absolute atomic E-state index is 0.396. The highest BCUT2D eigenvalue weighted by atomic mass is 16.5. The zero-order chi connectivity index (χ0) is 26.9. The summed E-state index contributed by atoms with van der Waals surface area (Å²) in [6.45, 7) is 7.49. The normalized spacial score (nSPS) is 17.4. The summed E-state index contributed by atoms with van der Waals surface area (Å²) in [6.07, 6.45) is 4.58. The van der Waals surface area contributed by atoms with Gasteiger partial charge in [0, 0.05) is 50.8 Å². The van der Waals surface area contributed by atoms with Gasteiger partial charge >= 0.3 is 0 Å². The highest BCUT2D eigenvalue weighted by Crippen LogP contribution is 2.31. The lowest BCUT2D eigenvalue weighted by atomic mass is 9.86. The van der Waals surface area contributed by atoms with Crippen LogP contribution in [0.5, 0.6) is 11.5 Å². The van der Waals surface area contributed by atoms with Gasteiger partial charge < -0.3 is 29.7 Å². The van der Waals surface area contributed by atoms with Gasteiger partial charge in [-0.15, -0.1) is 0 Å². The molecule has 2 aromatic carbocycles. The molecule has 1 aliphatic carbocycles. The van der Waals surface area contributed by atoms with Crippen molar-refractivity contribution < 1.29 is 14.2 Å². The van der Waals surface area contributed by atoms with E-state index >= 15 is 0 Å².